The van der Waals surface area contributed by atoms with E-state index < -0.39 is 0 Å². The minimum atomic E-state index is 0.477. The zero-order chi connectivity index (χ0) is 13.6. The van der Waals surface area contributed by atoms with Crippen molar-refractivity contribution in [2.24, 2.45) is 19.8 Å². The van der Waals surface area contributed by atoms with Crippen molar-refractivity contribution in [3.63, 3.8) is 0 Å². The fraction of sp³-hybridized carbons (Fsp3) is 0.286. The van der Waals surface area contributed by atoms with Crippen molar-refractivity contribution in [1.29, 1.82) is 0 Å². The molecule has 0 saturated heterocycles. The Kier molecular flexibility index (Phi) is 2.64. The van der Waals surface area contributed by atoms with Crippen molar-refractivity contribution in [3.8, 4) is 11.1 Å². The van der Waals surface area contributed by atoms with E-state index >= 15 is 0 Å². The molecule has 5 heteroatoms. The van der Waals surface area contributed by atoms with Gasteiger partial charge in [0.2, 0.25) is 0 Å². The molecule has 2 heterocycles. The monoisotopic (exact) mass is 255 g/mol. The van der Waals surface area contributed by atoms with Gasteiger partial charge in [-0.05, 0) is 24.6 Å². The number of benzene rings is 1. The Hall–Kier alpha value is -2.14. The lowest BCUT2D eigenvalue weighted by Gasteiger charge is -2.04. The van der Waals surface area contributed by atoms with E-state index in [1.165, 1.54) is 0 Å². The number of aromatic nitrogens is 4. The quantitative estimate of drug-likeness (QED) is 0.758. The van der Waals surface area contributed by atoms with Crippen molar-refractivity contribution >= 4 is 11.0 Å². The molecule has 0 spiro atoms. The first-order valence-corrected chi connectivity index (χ1v) is 6.26. The van der Waals surface area contributed by atoms with Crippen LogP contribution in [0.5, 0.6) is 0 Å². The molecule has 3 aromatic rings. The summed E-state index contributed by atoms with van der Waals surface area (Å²) in [6.45, 7) is 2.49. The number of hydrogen-bond donors (Lipinski definition) is 1. The fourth-order valence-corrected chi connectivity index (χ4v) is 2.43. The van der Waals surface area contributed by atoms with Gasteiger partial charge >= 0.3 is 0 Å². The maximum absolute atomic E-state index is 5.79. The summed E-state index contributed by atoms with van der Waals surface area (Å²) in [6, 6.07) is 6.29. The Morgan fingerprint density at radius 3 is 2.79 bits per heavy atom. The van der Waals surface area contributed by atoms with Crippen LogP contribution < -0.4 is 5.73 Å². The summed E-state index contributed by atoms with van der Waals surface area (Å²) < 4.78 is 3.91. The first kappa shape index (κ1) is 11.9. The van der Waals surface area contributed by atoms with Crippen LogP contribution in [0.15, 0.2) is 24.4 Å². The molecule has 0 saturated carbocycles. The molecule has 5 nitrogen and oxygen atoms in total. The van der Waals surface area contributed by atoms with Gasteiger partial charge in [-0.2, -0.15) is 5.10 Å². The van der Waals surface area contributed by atoms with E-state index in [-0.39, 0.29) is 0 Å². The summed E-state index contributed by atoms with van der Waals surface area (Å²) >= 11 is 0. The number of fused-ring (bicyclic) bond motifs is 1. The predicted octanol–water partition coefficient (Wildman–Crippen LogP) is 1.74. The van der Waals surface area contributed by atoms with Crippen LogP contribution in [0.1, 0.15) is 11.5 Å². The van der Waals surface area contributed by atoms with Crippen LogP contribution in [-0.2, 0) is 20.6 Å². The standard InChI is InChI=1S/C14H17N5/c1-9-17-12-6-10(4-5-13(12)18(9)2)11-8-16-19(3)14(11)7-15/h4-6,8H,7,15H2,1-3H3. The Balaban J connectivity index is 2.20. The van der Waals surface area contributed by atoms with Gasteiger partial charge in [0.1, 0.15) is 5.82 Å². The lowest BCUT2D eigenvalue weighted by molar-refractivity contribution is 0.713. The van der Waals surface area contributed by atoms with Crippen LogP contribution in [0.3, 0.4) is 0 Å². The fourth-order valence-electron chi connectivity index (χ4n) is 2.43. The highest BCUT2D eigenvalue weighted by Gasteiger charge is 2.11. The molecule has 19 heavy (non-hydrogen) atoms. The number of hydrogen-bond acceptors (Lipinski definition) is 3. The van der Waals surface area contributed by atoms with Crippen LogP contribution in [0.2, 0.25) is 0 Å². The number of aryl methyl sites for hydroxylation is 3. The molecule has 0 unspecified atom stereocenters. The molecule has 0 aliphatic rings. The van der Waals surface area contributed by atoms with E-state index in [0.717, 1.165) is 33.7 Å². The predicted molar refractivity (Wildman–Crippen MR) is 75.5 cm³/mol. The molecule has 0 bridgehead atoms. The topological polar surface area (TPSA) is 61.7 Å². The Morgan fingerprint density at radius 1 is 1.26 bits per heavy atom. The average Bonchev–Trinajstić information content (AvgIpc) is 2.90. The van der Waals surface area contributed by atoms with Crippen LogP contribution in [0.4, 0.5) is 0 Å². The largest absolute Gasteiger partial charge is 0.331 e. The summed E-state index contributed by atoms with van der Waals surface area (Å²) in [7, 11) is 3.94. The third kappa shape index (κ3) is 1.74. The van der Waals surface area contributed by atoms with Gasteiger partial charge in [-0.15, -0.1) is 0 Å². The van der Waals surface area contributed by atoms with E-state index in [0.29, 0.717) is 6.54 Å². The van der Waals surface area contributed by atoms with Crippen molar-refractivity contribution in [2.45, 2.75) is 13.5 Å². The molecule has 0 fully saturated rings. The smallest absolute Gasteiger partial charge is 0.106 e. The second-order valence-corrected chi connectivity index (χ2v) is 4.75. The average molecular weight is 255 g/mol. The van der Waals surface area contributed by atoms with Gasteiger partial charge in [0.15, 0.2) is 0 Å². The zero-order valence-electron chi connectivity index (χ0n) is 11.4. The van der Waals surface area contributed by atoms with Gasteiger partial charge in [-0.25, -0.2) is 4.98 Å². The van der Waals surface area contributed by atoms with E-state index in [4.69, 9.17) is 5.73 Å². The Labute approximate surface area is 111 Å². The Bertz CT molecular complexity index is 751. The van der Waals surface area contributed by atoms with Gasteiger partial charge in [-0.3, -0.25) is 4.68 Å². The van der Waals surface area contributed by atoms with E-state index in [2.05, 4.69) is 32.8 Å². The number of rotatable bonds is 2. The van der Waals surface area contributed by atoms with Crippen LogP contribution in [-0.4, -0.2) is 19.3 Å². The first-order valence-electron chi connectivity index (χ1n) is 6.26. The minimum absolute atomic E-state index is 0.477. The molecule has 0 aliphatic carbocycles. The molecule has 0 amide bonds. The highest BCUT2D eigenvalue weighted by Crippen LogP contribution is 2.26. The number of imidazole rings is 1. The summed E-state index contributed by atoms with van der Waals surface area (Å²) in [5, 5.41) is 4.28. The molecule has 0 aliphatic heterocycles. The highest BCUT2D eigenvalue weighted by atomic mass is 15.3. The lowest BCUT2D eigenvalue weighted by atomic mass is 10.1. The molecule has 2 aromatic heterocycles. The summed E-state index contributed by atoms with van der Waals surface area (Å²) in [4.78, 5) is 4.57. The van der Waals surface area contributed by atoms with Crippen molar-refractivity contribution in [1.82, 2.24) is 19.3 Å². The van der Waals surface area contributed by atoms with Gasteiger partial charge in [-0.1, -0.05) is 6.07 Å². The molecular formula is C14H17N5. The summed E-state index contributed by atoms with van der Waals surface area (Å²) in [5.41, 5.74) is 11.2. The van der Waals surface area contributed by atoms with Gasteiger partial charge < -0.3 is 10.3 Å². The van der Waals surface area contributed by atoms with Crippen LogP contribution in [0.25, 0.3) is 22.2 Å². The normalized spacial score (nSPS) is 11.4. The minimum Gasteiger partial charge on any atom is -0.331 e. The molecule has 0 atom stereocenters. The maximum atomic E-state index is 5.79. The molecule has 1 aromatic carbocycles. The van der Waals surface area contributed by atoms with Gasteiger partial charge in [0, 0.05) is 26.2 Å². The maximum Gasteiger partial charge on any atom is 0.106 e. The zero-order valence-corrected chi connectivity index (χ0v) is 11.4. The molecule has 2 N–H and O–H groups in total. The first-order chi connectivity index (χ1) is 9.11. The number of nitrogens with two attached hydrogens (primary N) is 1. The van der Waals surface area contributed by atoms with Gasteiger partial charge in [0.05, 0.1) is 22.9 Å². The lowest BCUT2D eigenvalue weighted by Crippen LogP contribution is -2.05. The summed E-state index contributed by atoms with van der Waals surface area (Å²) in [5.74, 6) is 1.01. The summed E-state index contributed by atoms with van der Waals surface area (Å²) in [6.07, 6.45) is 1.86. The van der Waals surface area contributed by atoms with Crippen molar-refractivity contribution in [2.75, 3.05) is 0 Å². The second-order valence-electron chi connectivity index (χ2n) is 4.75. The number of nitrogens with zero attached hydrogens (tertiary/aromatic N) is 4. The van der Waals surface area contributed by atoms with Crippen LogP contribution >= 0.6 is 0 Å². The molecular weight excluding hydrogens is 238 g/mol. The van der Waals surface area contributed by atoms with E-state index in [1.54, 1.807) is 0 Å². The van der Waals surface area contributed by atoms with Gasteiger partial charge in [0.25, 0.3) is 0 Å². The Morgan fingerprint density at radius 2 is 2.05 bits per heavy atom. The van der Waals surface area contributed by atoms with Crippen LogP contribution in [0, 0.1) is 6.92 Å². The molecule has 3 rings (SSSR count). The third-order valence-corrected chi connectivity index (χ3v) is 3.67. The third-order valence-electron chi connectivity index (χ3n) is 3.67. The molecule has 98 valence electrons. The van der Waals surface area contributed by atoms with E-state index in [1.807, 2.05) is 31.9 Å². The van der Waals surface area contributed by atoms with E-state index in [9.17, 15) is 0 Å². The SMILES string of the molecule is Cc1nc2cc(-c3cnn(C)c3CN)ccc2n1C. The highest BCUT2D eigenvalue weighted by molar-refractivity contribution is 5.83. The second kappa shape index (κ2) is 4.20. The molecule has 0 radical (unpaired) electrons. The van der Waals surface area contributed by atoms with Crippen molar-refractivity contribution < 1.29 is 0 Å². The van der Waals surface area contributed by atoms with Crippen molar-refractivity contribution in [3.05, 3.63) is 35.9 Å².